The van der Waals surface area contributed by atoms with Crippen LogP contribution in [-0.2, 0) is 10.2 Å². The van der Waals surface area contributed by atoms with Gasteiger partial charge in [-0.15, -0.1) is 11.3 Å². The average molecular weight is 301 g/mol. The number of rotatable bonds is 4. The highest BCUT2D eigenvalue weighted by Gasteiger charge is 2.30. The number of carbonyl (C=O) groups is 2. The molecule has 0 aromatic carbocycles. The van der Waals surface area contributed by atoms with Gasteiger partial charge in [-0.3, -0.25) is 5.32 Å². The minimum absolute atomic E-state index is 0.111. The molecule has 0 radical (unpaired) electrons. The molecule has 1 unspecified atom stereocenters. The molecular formula is C12H19N3O4S. The smallest absolute Gasteiger partial charge is 0.337 e. The van der Waals surface area contributed by atoms with Crippen LogP contribution in [0.5, 0.6) is 0 Å². The molecule has 1 atom stereocenters. The van der Waals surface area contributed by atoms with Gasteiger partial charge in [-0.2, -0.15) is 0 Å². The maximum absolute atomic E-state index is 11.6. The van der Waals surface area contributed by atoms with Gasteiger partial charge in [0.25, 0.3) is 0 Å². The van der Waals surface area contributed by atoms with Gasteiger partial charge in [0, 0.05) is 10.8 Å². The lowest BCUT2D eigenvalue weighted by Crippen LogP contribution is -2.47. The molecule has 1 heterocycles. The third-order valence-electron chi connectivity index (χ3n) is 2.55. The lowest BCUT2D eigenvalue weighted by Gasteiger charge is -2.18. The van der Waals surface area contributed by atoms with Gasteiger partial charge in [0.05, 0.1) is 12.2 Å². The second-order valence-electron chi connectivity index (χ2n) is 5.67. The van der Waals surface area contributed by atoms with Gasteiger partial charge < -0.3 is 15.5 Å². The number of anilines is 1. The topological polar surface area (TPSA) is 112 Å². The van der Waals surface area contributed by atoms with Crippen molar-refractivity contribution in [3.05, 3.63) is 11.1 Å². The minimum Gasteiger partial charge on any atom is -0.479 e. The highest BCUT2D eigenvalue weighted by molar-refractivity contribution is 7.13. The van der Waals surface area contributed by atoms with E-state index in [0.29, 0.717) is 5.13 Å². The van der Waals surface area contributed by atoms with Gasteiger partial charge in [0.15, 0.2) is 10.7 Å². The van der Waals surface area contributed by atoms with E-state index in [1.807, 2.05) is 26.2 Å². The predicted molar refractivity (Wildman–Crippen MR) is 76.1 cm³/mol. The fourth-order valence-corrected chi connectivity index (χ4v) is 2.08. The molecule has 1 aromatic rings. The normalized spacial score (nSPS) is 14.4. The number of hydrogen-bond acceptors (Lipinski definition) is 5. The molecule has 1 aromatic heterocycles. The first-order valence-corrected chi connectivity index (χ1v) is 6.87. The van der Waals surface area contributed by atoms with Crippen molar-refractivity contribution in [3.63, 3.8) is 0 Å². The summed E-state index contributed by atoms with van der Waals surface area (Å²) in [5.74, 6) is -1.40. The molecule has 0 aliphatic heterocycles. The number of thiazole rings is 1. The molecular weight excluding hydrogens is 282 g/mol. The molecule has 8 heteroatoms. The van der Waals surface area contributed by atoms with E-state index in [1.165, 1.54) is 11.3 Å². The van der Waals surface area contributed by atoms with Gasteiger partial charge in [-0.25, -0.2) is 14.6 Å². The van der Waals surface area contributed by atoms with Crippen LogP contribution in [0.3, 0.4) is 0 Å². The van der Waals surface area contributed by atoms with Crippen LogP contribution in [0.1, 0.15) is 33.4 Å². The molecule has 1 rings (SSSR count). The Morgan fingerprint density at radius 3 is 2.40 bits per heavy atom. The Morgan fingerprint density at radius 1 is 1.35 bits per heavy atom. The highest BCUT2D eigenvalue weighted by Crippen LogP contribution is 2.26. The van der Waals surface area contributed by atoms with Crippen molar-refractivity contribution in [2.24, 2.45) is 0 Å². The Morgan fingerprint density at radius 2 is 1.95 bits per heavy atom. The molecule has 4 N–H and O–H groups in total. The van der Waals surface area contributed by atoms with Crippen molar-refractivity contribution in [3.8, 4) is 0 Å². The Bertz CT molecular complexity index is 505. The summed E-state index contributed by atoms with van der Waals surface area (Å²) in [7, 11) is 0. The zero-order valence-corrected chi connectivity index (χ0v) is 12.7. The second-order valence-corrected chi connectivity index (χ2v) is 6.53. The van der Waals surface area contributed by atoms with Crippen LogP contribution in [0, 0.1) is 0 Å². The Hall–Kier alpha value is -1.67. The maximum Gasteiger partial charge on any atom is 0.337 e. The quantitative estimate of drug-likeness (QED) is 0.671. The van der Waals surface area contributed by atoms with Crippen LogP contribution in [0.25, 0.3) is 0 Å². The molecule has 0 aliphatic carbocycles. The van der Waals surface area contributed by atoms with Gasteiger partial charge in [0.1, 0.15) is 0 Å². The summed E-state index contributed by atoms with van der Waals surface area (Å²) in [5, 5.41) is 25.2. The first-order valence-electron chi connectivity index (χ1n) is 5.99. The average Bonchev–Trinajstić information content (AvgIpc) is 2.74. The van der Waals surface area contributed by atoms with E-state index in [1.54, 1.807) is 0 Å². The molecule has 0 saturated heterocycles. The minimum atomic E-state index is -2.00. The third kappa shape index (κ3) is 4.46. The largest absolute Gasteiger partial charge is 0.479 e. The van der Waals surface area contributed by atoms with Crippen molar-refractivity contribution >= 4 is 28.5 Å². The van der Waals surface area contributed by atoms with Crippen LogP contribution < -0.4 is 10.6 Å². The number of aliphatic carboxylic acids is 1. The van der Waals surface area contributed by atoms with Crippen LogP contribution in [0.4, 0.5) is 9.93 Å². The van der Waals surface area contributed by atoms with E-state index < -0.39 is 24.1 Å². The maximum atomic E-state index is 11.6. The predicted octanol–water partition coefficient (Wildman–Crippen LogP) is 1.40. The second kappa shape index (κ2) is 5.76. The molecule has 0 bridgehead atoms. The molecule has 0 fully saturated rings. The van der Waals surface area contributed by atoms with E-state index in [-0.39, 0.29) is 5.41 Å². The highest BCUT2D eigenvalue weighted by atomic mass is 32.1. The first-order chi connectivity index (χ1) is 9.02. The lowest BCUT2D eigenvalue weighted by molar-refractivity contribution is -0.155. The van der Waals surface area contributed by atoms with Crippen LogP contribution in [0.2, 0.25) is 0 Å². The van der Waals surface area contributed by atoms with Crippen molar-refractivity contribution in [1.82, 2.24) is 10.3 Å². The first kappa shape index (κ1) is 16.4. The molecule has 7 nitrogen and oxygen atoms in total. The van der Waals surface area contributed by atoms with E-state index in [9.17, 15) is 14.7 Å². The Labute approximate surface area is 121 Å². The lowest BCUT2D eigenvalue weighted by atomic mass is 9.93. The van der Waals surface area contributed by atoms with E-state index in [4.69, 9.17) is 5.11 Å². The SMILES string of the molecule is CC(O)(CNC(=O)Nc1nc(C(C)(C)C)cs1)C(=O)O. The van der Waals surface area contributed by atoms with E-state index >= 15 is 0 Å². The van der Waals surface area contributed by atoms with Crippen molar-refractivity contribution in [2.75, 3.05) is 11.9 Å². The number of urea groups is 1. The summed E-state index contributed by atoms with van der Waals surface area (Å²) >= 11 is 1.28. The molecule has 20 heavy (non-hydrogen) atoms. The molecule has 0 aliphatic rings. The van der Waals surface area contributed by atoms with Crippen molar-refractivity contribution in [2.45, 2.75) is 38.7 Å². The van der Waals surface area contributed by atoms with Crippen LogP contribution in [-0.4, -0.2) is 39.3 Å². The summed E-state index contributed by atoms with van der Waals surface area (Å²) in [6.45, 7) is 6.74. The molecule has 0 saturated carbocycles. The number of aromatic nitrogens is 1. The van der Waals surface area contributed by atoms with Crippen molar-refractivity contribution < 1.29 is 19.8 Å². The summed E-state index contributed by atoms with van der Waals surface area (Å²) in [6.07, 6.45) is 0. The fraction of sp³-hybridized carbons (Fsp3) is 0.583. The number of hydrogen-bond donors (Lipinski definition) is 4. The summed E-state index contributed by atoms with van der Waals surface area (Å²) < 4.78 is 0. The monoisotopic (exact) mass is 301 g/mol. The Balaban J connectivity index is 2.55. The standard InChI is InChI=1S/C12H19N3O4S/c1-11(2,3)7-5-20-10(14-7)15-9(18)13-6-12(4,19)8(16)17/h5,19H,6H2,1-4H3,(H,16,17)(H2,13,14,15,18). The Kier molecular flexibility index (Phi) is 4.72. The van der Waals surface area contributed by atoms with Gasteiger partial charge in [-0.1, -0.05) is 20.8 Å². The zero-order valence-electron chi connectivity index (χ0n) is 11.9. The van der Waals surface area contributed by atoms with E-state index in [0.717, 1.165) is 12.6 Å². The van der Waals surface area contributed by atoms with Crippen molar-refractivity contribution in [1.29, 1.82) is 0 Å². The summed E-state index contributed by atoms with van der Waals surface area (Å²) in [5.41, 5.74) is -1.26. The number of aliphatic hydroxyl groups is 1. The number of carboxylic acid groups (broad SMARTS) is 1. The zero-order chi connectivity index (χ0) is 15.6. The number of carboxylic acids is 1. The van der Waals surface area contributed by atoms with Crippen LogP contribution >= 0.6 is 11.3 Å². The molecule has 112 valence electrons. The summed E-state index contributed by atoms with van der Waals surface area (Å²) in [4.78, 5) is 26.5. The molecule has 2 amide bonds. The van der Waals surface area contributed by atoms with Gasteiger partial charge >= 0.3 is 12.0 Å². The molecule has 0 spiro atoms. The van der Waals surface area contributed by atoms with Crippen LogP contribution in [0.15, 0.2) is 5.38 Å². The number of carbonyl (C=O) groups excluding carboxylic acids is 1. The number of nitrogens with one attached hydrogen (secondary N) is 2. The number of nitrogens with zero attached hydrogens (tertiary/aromatic N) is 1. The summed E-state index contributed by atoms with van der Waals surface area (Å²) in [6, 6.07) is -0.610. The van der Waals surface area contributed by atoms with E-state index in [2.05, 4.69) is 15.6 Å². The third-order valence-corrected chi connectivity index (χ3v) is 3.30. The fourth-order valence-electron chi connectivity index (χ4n) is 1.14. The van der Waals surface area contributed by atoms with Gasteiger partial charge in [-0.05, 0) is 6.92 Å². The van der Waals surface area contributed by atoms with Gasteiger partial charge in [0.2, 0.25) is 0 Å². The number of amides is 2.